The van der Waals surface area contributed by atoms with Crippen LogP contribution in [0.1, 0.15) is 16.7 Å². The van der Waals surface area contributed by atoms with Crippen LogP contribution in [-0.4, -0.2) is 48.4 Å². The monoisotopic (exact) mass is 421 g/mol. The Hall–Kier alpha value is -3.16. The maximum Gasteiger partial charge on any atom is 0.322 e. The largest absolute Gasteiger partial charge is 0.376 e. The number of amides is 2. The number of aromatic amines is 1. The highest BCUT2D eigenvalue weighted by Crippen LogP contribution is 2.19. The molecular formula is C24H27N3O4. The number of benzene rings is 2. The van der Waals surface area contributed by atoms with Crippen LogP contribution in [0.15, 0.2) is 53.3 Å². The number of aromatic nitrogens is 1. The average Bonchev–Trinajstić information content (AvgIpc) is 2.76. The second kappa shape index (κ2) is 9.32. The van der Waals surface area contributed by atoms with E-state index in [9.17, 15) is 9.59 Å². The molecule has 1 saturated heterocycles. The number of carbonyl (C=O) groups is 1. The number of urea groups is 1. The van der Waals surface area contributed by atoms with Gasteiger partial charge in [0.15, 0.2) is 0 Å². The summed E-state index contributed by atoms with van der Waals surface area (Å²) in [4.78, 5) is 30.5. The fraction of sp³-hybridized carbons (Fsp3) is 0.333. The number of hydrogen-bond donors (Lipinski definition) is 2. The van der Waals surface area contributed by atoms with Crippen molar-refractivity contribution >= 4 is 22.6 Å². The third kappa shape index (κ3) is 5.13. The van der Waals surface area contributed by atoms with Crippen LogP contribution in [0.5, 0.6) is 0 Å². The molecule has 31 heavy (non-hydrogen) atoms. The first-order valence-corrected chi connectivity index (χ1v) is 10.4. The van der Waals surface area contributed by atoms with Crippen molar-refractivity contribution in [3.63, 3.8) is 0 Å². The first-order valence-electron chi connectivity index (χ1n) is 10.4. The lowest BCUT2D eigenvalue weighted by Crippen LogP contribution is -2.44. The van der Waals surface area contributed by atoms with Gasteiger partial charge in [-0.1, -0.05) is 29.8 Å². The van der Waals surface area contributed by atoms with E-state index < -0.39 is 0 Å². The van der Waals surface area contributed by atoms with E-state index in [0.717, 1.165) is 22.0 Å². The van der Waals surface area contributed by atoms with Crippen molar-refractivity contribution in [2.75, 3.05) is 31.7 Å². The van der Waals surface area contributed by atoms with Gasteiger partial charge in [-0.25, -0.2) is 4.79 Å². The van der Waals surface area contributed by atoms with Crippen molar-refractivity contribution in [2.24, 2.45) is 0 Å². The summed E-state index contributed by atoms with van der Waals surface area (Å²) < 4.78 is 11.2. The highest BCUT2D eigenvalue weighted by molar-refractivity contribution is 5.89. The van der Waals surface area contributed by atoms with Crippen LogP contribution in [0.3, 0.4) is 0 Å². The van der Waals surface area contributed by atoms with Gasteiger partial charge in [-0.05, 0) is 49.1 Å². The van der Waals surface area contributed by atoms with E-state index in [-0.39, 0.29) is 24.2 Å². The standard InChI is InChI=1S/C24H27N3O4/c1-16-10-17(2)22-18(11-16)12-19(23(28)26-22)13-27(14-21-15-30-8-9-31-21)24(29)25-20-6-4-3-5-7-20/h3-7,10-12,21H,8-9,13-15H2,1-2H3,(H,25,29)(H,26,28)/t21-/m1/s1. The van der Waals surface area contributed by atoms with Gasteiger partial charge in [0.25, 0.3) is 5.56 Å². The zero-order chi connectivity index (χ0) is 21.8. The summed E-state index contributed by atoms with van der Waals surface area (Å²) in [5, 5.41) is 3.86. The molecule has 0 unspecified atom stereocenters. The Kier molecular flexibility index (Phi) is 6.34. The predicted molar refractivity (Wildman–Crippen MR) is 120 cm³/mol. The molecule has 2 aromatic carbocycles. The lowest BCUT2D eigenvalue weighted by atomic mass is 10.1. The maximum absolute atomic E-state index is 13.1. The van der Waals surface area contributed by atoms with E-state index in [1.165, 1.54) is 0 Å². The number of ether oxygens (including phenoxy) is 2. The van der Waals surface area contributed by atoms with Crippen LogP contribution in [0.2, 0.25) is 0 Å². The molecule has 2 N–H and O–H groups in total. The molecule has 1 atom stereocenters. The van der Waals surface area contributed by atoms with Gasteiger partial charge in [-0.2, -0.15) is 0 Å². The van der Waals surface area contributed by atoms with E-state index in [1.807, 2.05) is 62.4 Å². The molecule has 1 aliphatic rings. The molecule has 2 amide bonds. The second-order valence-electron chi connectivity index (χ2n) is 7.91. The van der Waals surface area contributed by atoms with Crippen LogP contribution < -0.4 is 10.9 Å². The summed E-state index contributed by atoms with van der Waals surface area (Å²) in [6.45, 7) is 5.95. The molecule has 0 spiro atoms. The summed E-state index contributed by atoms with van der Waals surface area (Å²) in [5.41, 5.74) is 3.98. The summed E-state index contributed by atoms with van der Waals surface area (Å²) in [6, 6.07) is 14.9. The Balaban J connectivity index is 1.62. The van der Waals surface area contributed by atoms with Crippen molar-refractivity contribution in [3.05, 3.63) is 75.6 Å². The molecule has 7 nitrogen and oxygen atoms in total. The van der Waals surface area contributed by atoms with Gasteiger partial charge in [0.2, 0.25) is 0 Å². The lowest BCUT2D eigenvalue weighted by Gasteiger charge is -2.30. The van der Waals surface area contributed by atoms with Gasteiger partial charge in [0.05, 0.1) is 44.5 Å². The molecular weight excluding hydrogens is 394 g/mol. The molecule has 0 radical (unpaired) electrons. The summed E-state index contributed by atoms with van der Waals surface area (Å²) >= 11 is 0. The minimum Gasteiger partial charge on any atom is -0.376 e. The minimum absolute atomic E-state index is 0.163. The van der Waals surface area contributed by atoms with Crippen molar-refractivity contribution < 1.29 is 14.3 Å². The molecule has 162 valence electrons. The number of rotatable bonds is 5. The smallest absolute Gasteiger partial charge is 0.322 e. The Morgan fingerprint density at radius 1 is 1.16 bits per heavy atom. The number of nitrogens with one attached hydrogen (secondary N) is 2. The van der Waals surface area contributed by atoms with Gasteiger partial charge in [-0.15, -0.1) is 0 Å². The number of anilines is 1. The Morgan fingerprint density at radius 2 is 1.97 bits per heavy atom. The molecule has 0 bridgehead atoms. The van der Waals surface area contributed by atoms with E-state index in [4.69, 9.17) is 9.47 Å². The molecule has 4 rings (SSSR count). The van der Waals surface area contributed by atoms with Gasteiger partial charge >= 0.3 is 6.03 Å². The fourth-order valence-corrected chi connectivity index (χ4v) is 3.89. The maximum atomic E-state index is 13.1. The Morgan fingerprint density at radius 3 is 2.71 bits per heavy atom. The molecule has 1 aliphatic heterocycles. The zero-order valence-electron chi connectivity index (χ0n) is 17.8. The van der Waals surface area contributed by atoms with Crippen molar-refractivity contribution in [2.45, 2.75) is 26.5 Å². The van der Waals surface area contributed by atoms with Crippen LogP contribution in [-0.2, 0) is 16.0 Å². The quantitative estimate of drug-likeness (QED) is 0.659. The zero-order valence-corrected chi connectivity index (χ0v) is 17.8. The molecule has 0 saturated carbocycles. The summed E-state index contributed by atoms with van der Waals surface area (Å²) in [7, 11) is 0. The number of pyridine rings is 1. The lowest BCUT2D eigenvalue weighted by molar-refractivity contribution is -0.0943. The van der Waals surface area contributed by atoms with Crippen molar-refractivity contribution in [1.82, 2.24) is 9.88 Å². The Bertz CT molecular complexity index is 1120. The van der Waals surface area contributed by atoms with Gasteiger partial charge in [0.1, 0.15) is 0 Å². The minimum atomic E-state index is -0.291. The fourth-order valence-electron chi connectivity index (χ4n) is 3.89. The molecule has 2 heterocycles. The number of nitrogens with zero attached hydrogens (tertiary/aromatic N) is 1. The van der Waals surface area contributed by atoms with E-state index >= 15 is 0 Å². The molecule has 3 aromatic rings. The van der Waals surface area contributed by atoms with Crippen LogP contribution in [0, 0.1) is 13.8 Å². The number of H-pyrrole nitrogens is 1. The van der Waals surface area contributed by atoms with E-state index in [0.29, 0.717) is 37.6 Å². The normalized spacial score (nSPS) is 16.3. The molecule has 0 aliphatic carbocycles. The number of fused-ring (bicyclic) bond motifs is 1. The van der Waals surface area contributed by atoms with E-state index in [2.05, 4.69) is 10.3 Å². The topological polar surface area (TPSA) is 83.7 Å². The first-order chi connectivity index (χ1) is 15.0. The molecule has 1 aromatic heterocycles. The predicted octanol–water partition coefficient (Wildman–Crippen LogP) is 3.59. The van der Waals surface area contributed by atoms with Crippen LogP contribution in [0.4, 0.5) is 10.5 Å². The van der Waals surface area contributed by atoms with Gasteiger partial charge < -0.3 is 24.7 Å². The SMILES string of the molecule is Cc1cc(C)c2[nH]c(=O)c(CN(C[C@@H]3COCCO3)C(=O)Nc3ccccc3)cc2c1. The number of hydrogen-bond acceptors (Lipinski definition) is 4. The Labute approximate surface area is 181 Å². The molecule has 1 fully saturated rings. The number of para-hydroxylation sites is 1. The van der Waals surface area contributed by atoms with Crippen molar-refractivity contribution in [1.29, 1.82) is 0 Å². The second-order valence-corrected chi connectivity index (χ2v) is 7.91. The van der Waals surface area contributed by atoms with E-state index in [1.54, 1.807) is 4.90 Å². The summed E-state index contributed by atoms with van der Waals surface area (Å²) in [6.07, 6.45) is -0.237. The molecule has 7 heteroatoms. The van der Waals surface area contributed by atoms with Crippen LogP contribution >= 0.6 is 0 Å². The highest BCUT2D eigenvalue weighted by Gasteiger charge is 2.23. The van der Waals surface area contributed by atoms with Crippen LogP contribution in [0.25, 0.3) is 10.9 Å². The highest BCUT2D eigenvalue weighted by atomic mass is 16.6. The third-order valence-electron chi connectivity index (χ3n) is 5.35. The first kappa shape index (κ1) is 21.1. The number of carbonyl (C=O) groups excluding carboxylic acids is 1. The van der Waals surface area contributed by atoms with Gasteiger partial charge in [-0.3, -0.25) is 4.79 Å². The third-order valence-corrected chi connectivity index (χ3v) is 5.35. The number of aryl methyl sites for hydroxylation is 2. The van der Waals surface area contributed by atoms with Gasteiger partial charge in [0, 0.05) is 11.3 Å². The van der Waals surface area contributed by atoms with Crippen molar-refractivity contribution in [3.8, 4) is 0 Å². The summed E-state index contributed by atoms with van der Waals surface area (Å²) in [5.74, 6) is 0. The average molecular weight is 421 g/mol.